The molecule has 3 heterocycles. The van der Waals surface area contributed by atoms with Crippen molar-refractivity contribution in [2.24, 2.45) is 5.92 Å². The molecule has 2 aliphatic heterocycles. The predicted molar refractivity (Wildman–Crippen MR) is 99.4 cm³/mol. The Kier molecular flexibility index (Phi) is 5.29. The van der Waals surface area contributed by atoms with Crippen LogP contribution in [0.2, 0.25) is 0 Å². The van der Waals surface area contributed by atoms with Crippen molar-refractivity contribution in [2.75, 3.05) is 37.7 Å². The summed E-state index contributed by atoms with van der Waals surface area (Å²) in [6.45, 7) is 6.03. The van der Waals surface area contributed by atoms with Crippen LogP contribution in [0.25, 0.3) is 0 Å². The molecule has 2 unspecified atom stereocenters. The minimum atomic E-state index is -0.354. The molecule has 1 amide bonds. The number of pyridine rings is 1. The maximum absolute atomic E-state index is 12.6. The summed E-state index contributed by atoms with van der Waals surface area (Å²) in [5, 5.41) is 0. The van der Waals surface area contributed by atoms with E-state index in [9.17, 15) is 4.79 Å². The molecule has 6 heteroatoms. The summed E-state index contributed by atoms with van der Waals surface area (Å²) in [5.74, 6) is 2.54. The molecule has 2 atom stereocenters. The molecule has 0 aromatic carbocycles. The van der Waals surface area contributed by atoms with E-state index in [0.29, 0.717) is 12.5 Å². The first-order chi connectivity index (χ1) is 12.7. The Morgan fingerprint density at radius 2 is 2.08 bits per heavy atom. The third-order valence-electron chi connectivity index (χ3n) is 5.53. The highest BCUT2D eigenvalue weighted by Gasteiger charge is 2.32. The number of aromatic nitrogens is 1. The number of amides is 1. The number of hydrogen-bond donors (Lipinski definition) is 0. The van der Waals surface area contributed by atoms with Gasteiger partial charge in [0.1, 0.15) is 12.2 Å². The van der Waals surface area contributed by atoms with Crippen molar-refractivity contribution in [1.29, 1.82) is 0 Å². The van der Waals surface area contributed by atoms with Gasteiger partial charge >= 0.3 is 0 Å². The van der Waals surface area contributed by atoms with Crippen LogP contribution in [0.1, 0.15) is 39.0 Å². The van der Waals surface area contributed by atoms with Crippen LogP contribution in [0.3, 0.4) is 0 Å². The summed E-state index contributed by atoms with van der Waals surface area (Å²) >= 11 is 0. The van der Waals surface area contributed by atoms with Gasteiger partial charge in [0.15, 0.2) is 11.6 Å². The molecule has 142 valence electrons. The second kappa shape index (κ2) is 7.82. The molecule has 1 aromatic rings. The molecule has 26 heavy (non-hydrogen) atoms. The lowest BCUT2D eigenvalue weighted by Crippen LogP contribution is -2.39. The lowest BCUT2D eigenvalue weighted by molar-refractivity contribution is -0.142. The molecule has 1 aromatic heterocycles. The van der Waals surface area contributed by atoms with Crippen LogP contribution in [0.15, 0.2) is 18.3 Å². The standard InChI is InChI=1S/C20H29N3O3/c1-15(25-14-16-6-7-16)20(24)23-12-8-17(13-23)26-18-5-4-9-21-19(18)22-10-2-3-11-22/h4-5,9,15-17H,2-3,6-8,10-14H2,1H3. The summed E-state index contributed by atoms with van der Waals surface area (Å²) in [6.07, 6.45) is 7.25. The van der Waals surface area contributed by atoms with E-state index in [1.54, 1.807) is 0 Å². The third kappa shape index (κ3) is 4.11. The fourth-order valence-electron chi connectivity index (χ4n) is 3.74. The minimum absolute atomic E-state index is 0.0279. The average Bonchev–Trinajstić information content (AvgIpc) is 3.12. The number of likely N-dealkylation sites (tertiary alicyclic amines) is 1. The third-order valence-corrected chi connectivity index (χ3v) is 5.53. The van der Waals surface area contributed by atoms with Gasteiger partial charge in [0.05, 0.1) is 13.2 Å². The molecular weight excluding hydrogens is 330 g/mol. The number of nitrogens with zero attached hydrogens (tertiary/aromatic N) is 3. The van der Waals surface area contributed by atoms with Crippen molar-refractivity contribution in [3.05, 3.63) is 18.3 Å². The monoisotopic (exact) mass is 359 g/mol. The van der Waals surface area contributed by atoms with E-state index in [0.717, 1.165) is 44.2 Å². The predicted octanol–water partition coefficient (Wildman–Crippen LogP) is 2.48. The Hall–Kier alpha value is -1.82. The van der Waals surface area contributed by atoms with Crippen molar-refractivity contribution in [1.82, 2.24) is 9.88 Å². The number of rotatable bonds is 7. The number of ether oxygens (including phenoxy) is 2. The normalized spacial score (nSPS) is 24.1. The Morgan fingerprint density at radius 3 is 2.85 bits per heavy atom. The molecule has 0 radical (unpaired) electrons. The summed E-state index contributed by atoms with van der Waals surface area (Å²) in [6, 6.07) is 3.91. The van der Waals surface area contributed by atoms with Gasteiger partial charge in [-0.3, -0.25) is 4.79 Å². The Bertz CT molecular complexity index is 628. The van der Waals surface area contributed by atoms with Gasteiger partial charge in [-0.15, -0.1) is 0 Å². The van der Waals surface area contributed by atoms with E-state index in [1.165, 1.54) is 25.7 Å². The molecule has 0 spiro atoms. The van der Waals surface area contributed by atoms with Crippen LogP contribution >= 0.6 is 0 Å². The summed E-state index contributed by atoms with van der Waals surface area (Å²) in [4.78, 5) is 21.3. The van der Waals surface area contributed by atoms with E-state index < -0.39 is 0 Å². The van der Waals surface area contributed by atoms with Crippen LogP contribution in [0.4, 0.5) is 5.82 Å². The van der Waals surface area contributed by atoms with Gasteiger partial charge in [-0.2, -0.15) is 0 Å². The maximum Gasteiger partial charge on any atom is 0.251 e. The second-order valence-corrected chi connectivity index (χ2v) is 7.75. The topological polar surface area (TPSA) is 54.9 Å². The smallest absolute Gasteiger partial charge is 0.251 e. The first-order valence-corrected chi connectivity index (χ1v) is 9.97. The highest BCUT2D eigenvalue weighted by atomic mass is 16.5. The van der Waals surface area contributed by atoms with Gasteiger partial charge in [0.25, 0.3) is 5.91 Å². The Labute approximate surface area is 155 Å². The van der Waals surface area contributed by atoms with Crippen LogP contribution < -0.4 is 9.64 Å². The van der Waals surface area contributed by atoms with Crippen LogP contribution in [-0.2, 0) is 9.53 Å². The van der Waals surface area contributed by atoms with Crippen molar-refractivity contribution in [3.63, 3.8) is 0 Å². The molecule has 2 saturated heterocycles. The molecule has 6 nitrogen and oxygen atoms in total. The molecule has 3 aliphatic rings. The zero-order valence-corrected chi connectivity index (χ0v) is 15.6. The zero-order valence-electron chi connectivity index (χ0n) is 15.6. The number of anilines is 1. The largest absolute Gasteiger partial charge is 0.485 e. The van der Waals surface area contributed by atoms with Gasteiger partial charge in [-0.25, -0.2) is 4.98 Å². The van der Waals surface area contributed by atoms with Crippen LogP contribution in [-0.4, -0.2) is 60.8 Å². The van der Waals surface area contributed by atoms with Gasteiger partial charge in [-0.1, -0.05) is 0 Å². The molecule has 3 fully saturated rings. The zero-order chi connectivity index (χ0) is 17.9. The van der Waals surface area contributed by atoms with Gasteiger partial charge < -0.3 is 19.3 Å². The summed E-state index contributed by atoms with van der Waals surface area (Å²) < 4.78 is 12.0. The first kappa shape index (κ1) is 17.6. The van der Waals surface area contributed by atoms with Gasteiger partial charge in [0, 0.05) is 32.3 Å². The average molecular weight is 359 g/mol. The Balaban J connectivity index is 1.32. The number of carbonyl (C=O) groups excluding carboxylic acids is 1. The first-order valence-electron chi connectivity index (χ1n) is 9.97. The SMILES string of the molecule is CC(OCC1CC1)C(=O)N1CCC(Oc2cccnc2N2CCCC2)C1. The number of hydrogen-bond acceptors (Lipinski definition) is 5. The van der Waals surface area contributed by atoms with E-state index in [2.05, 4.69) is 9.88 Å². The highest BCUT2D eigenvalue weighted by Crippen LogP contribution is 2.31. The fourth-order valence-corrected chi connectivity index (χ4v) is 3.74. The highest BCUT2D eigenvalue weighted by molar-refractivity contribution is 5.80. The van der Waals surface area contributed by atoms with Crippen molar-refractivity contribution in [2.45, 2.75) is 51.2 Å². The maximum atomic E-state index is 12.6. The fraction of sp³-hybridized carbons (Fsp3) is 0.700. The molecule has 1 saturated carbocycles. The summed E-state index contributed by atoms with van der Waals surface area (Å²) in [7, 11) is 0. The van der Waals surface area contributed by atoms with E-state index in [-0.39, 0.29) is 18.1 Å². The van der Waals surface area contributed by atoms with E-state index in [1.807, 2.05) is 30.2 Å². The van der Waals surface area contributed by atoms with E-state index in [4.69, 9.17) is 9.47 Å². The molecule has 0 N–H and O–H groups in total. The van der Waals surface area contributed by atoms with Crippen LogP contribution in [0, 0.1) is 5.92 Å². The van der Waals surface area contributed by atoms with Crippen molar-refractivity contribution >= 4 is 11.7 Å². The quantitative estimate of drug-likeness (QED) is 0.749. The second-order valence-electron chi connectivity index (χ2n) is 7.75. The van der Waals surface area contributed by atoms with Crippen molar-refractivity contribution < 1.29 is 14.3 Å². The molecular formula is C20H29N3O3. The lowest BCUT2D eigenvalue weighted by Gasteiger charge is -2.23. The van der Waals surface area contributed by atoms with E-state index >= 15 is 0 Å². The molecule has 0 bridgehead atoms. The van der Waals surface area contributed by atoms with Crippen molar-refractivity contribution in [3.8, 4) is 5.75 Å². The van der Waals surface area contributed by atoms with Crippen LogP contribution in [0.5, 0.6) is 5.75 Å². The minimum Gasteiger partial charge on any atom is -0.485 e. The Morgan fingerprint density at radius 1 is 1.27 bits per heavy atom. The van der Waals surface area contributed by atoms with Gasteiger partial charge in [0.2, 0.25) is 0 Å². The van der Waals surface area contributed by atoms with Gasteiger partial charge in [-0.05, 0) is 50.7 Å². The number of carbonyl (C=O) groups is 1. The summed E-state index contributed by atoms with van der Waals surface area (Å²) in [5.41, 5.74) is 0. The lowest BCUT2D eigenvalue weighted by atomic mass is 10.3. The molecule has 4 rings (SSSR count). The molecule has 1 aliphatic carbocycles.